The molecule has 2 aliphatic heterocycles. The van der Waals surface area contributed by atoms with Gasteiger partial charge in [0.2, 0.25) is 5.91 Å². The van der Waals surface area contributed by atoms with Gasteiger partial charge in [0.15, 0.2) is 0 Å². The van der Waals surface area contributed by atoms with E-state index in [9.17, 15) is 9.59 Å². The molecule has 0 unspecified atom stereocenters. The Kier molecular flexibility index (Phi) is 7.14. The minimum atomic E-state index is -0.123. The lowest BCUT2D eigenvalue weighted by molar-refractivity contribution is -0.115. The van der Waals surface area contributed by atoms with E-state index in [1.807, 2.05) is 24.3 Å². The van der Waals surface area contributed by atoms with Crippen LogP contribution in [0.25, 0.3) is 0 Å². The first-order valence-corrected chi connectivity index (χ1v) is 11.9. The van der Waals surface area contributed by atoms with Gasteiger partial charge in [0.05, 0.1) is 18.8 Å². The Balaban J connectivity index is 1.48. The van der Waals surface area contributed by atoms with Crippen molar-refractivity contribution in [1.29, 1.82) is 0 Å². The highest BCUT2D eigenvalue weighted by molar-refractivity contribution is 7.99. The van der Waals surface area contributed by atoms with Crippen molar-refractivity contribution < 1.29 is 14.3 Å². The number of nitrogens with one attached hydrogen (secondary N) is 2. The molecule has 0 aromatic heterocycles. The van der Waals surface area contributed by atoms with Gasteiger partial charge in [-0.25, -0.2) is 0 Å². The van der Waals surface area contributed by atoms with Crippen molar-refractivity contribution in [3.63, 3.8) is 0 Å². The third-order valence-corrected chi connectivity index (χ3v) is 6.97. The molecule has 2 aromatic rings. The Labute approximate surface area is 187 Å². The lowest BCUT2D eigenvalue weighted by Crippen LogP contribution is -2.40. The van der Waals surface area contributed by atoms with E-state index in [1.54, 1.807) is 24.9 Å². The summed E-state index contributed by atoms with van der Waals surface area (Å²) < 4.78 is 5.30. The highest BCUT2D eigenvalue weighted by atomic mass is 32.2. The monoisotopic (exact) mass is 439 g/mol. The molecule has 0 saturated carbocycles. The number of hydrogen-bond donors (Lipinski definition) is 2. The summed E-state index contributed by atoms with van der Waals surface area (Å²) in [4.78, 5) is 28.3. The zero-order valence-corrected chi connectivity index (χ0v) is 18.7. The number of likely N-dealkylation sites (tertiary alicyclic amines) is 1. The Morgan fingerprint density at radius 2 is 1.94 bits per heavy atom. The zero-order chi connectivity index (χ0) is 21.6. The van der Waals surface area contributed by atoms with Crippen LogP contribution in [0.15, 0.2) is 47.4 Å². The Hall–Kier alpha value is -2.51. The molecule has 4 rings (SSSR count). The fraction of sp³-hybridized carbons (Fsp3) is 0.417. The van der Waals surface area contributed by atoms with Crippen molar-refractivity contribution in [3.05, 3.63) is 53.6 Å². The van der Waals surface area contributed by atoms with Crippen LogP contribution < -0.4 is 15.4 Å². The number of piperidine rings is 1. The number of anilines is 1. The number of methoxy groups -OCH3 is 1. The number of hydrogen-bond acceptors (Lipinski definition) is 5. The summed E-state index contributed by atoms with van der Waals surface area (Å²) in [5.41, 5.74) is 2.46. The summed E-state index contributed by atoms with van der Waals surface area (Å²) in [7, 11) is 1.67. The van der Waals surface area contributed by atoms with Crippen molar-refractivity contribution >= 4 is 29.3 Å². The van der Waals surface area contributed by atoms with Crippen molar-refractivity contribution in [1.82, 2.24) is 10.2 Å². The fourth-order valence-corrected chi connectivity index (χ4v) is 5.10. The molecule has 0 bridgehead atoms. The van der Waals surface area contributed by atoms with Gasteiger partial charge in [-0.2, -0.15) is 0 Å². The van der Waals surface area contributed by atoms with Crippen molar-refractivity contribution in [3.8, 4) is 5.75 Å². The third-order valence-electron chi connectivity index (χ3n) is 5.89. The van der Waals surface area contributed by atoms with Crippen molar-refractivity contribution in [2.24, 2.45) is 0 Å². The second-order valence-electron chi connectivity index (χ2n) is 7.95. The minimum Gasteiger partial charge on any atom is -0.497 e. The number of nitrogens with zero attached hydrogens (tertiary/aromatic N) is 1. The molecular weight excluding hydrogens is 410 g/mol. The Bertz CT molecular complexity index is 926. The van der Waals surface area contributed by atoms with E-state index in [0.29, 0.717) is 18.5 Å². The van der Waals surface area contributed by atoms with Gasteiger partial charge in [-0.1, -0.05) is 18.6 Å². The first-order chi connectivity index (χ1) is 15.1. The summed E-state index contributed by atoms with van der Waals surface area (Å²) in [6.45, 7) is 2.60. The molecule has 0 radical (unpaired) electrons. The number of fused-ring (bicyclic) bond motifs is 1. The second kappa shape index (κ2) is 10.2. The summed E-state index contributed by atoms with van der Waals surface area (Å²) in [6, 6.07) is 13.8. The van der Waals surface area contributed by atoms with Crippen molar-refractivity contribution in [2.75, 3.05) is 37.8 Å². The molecule has 1 saturated heterocycles. The average molecular weight is 440 g/mol. The van der Waals surface area contributed by atoms with Gasteiger partial charge in [-0.05, 0) is 61.8 Å². The van der Waals surface area contributed by atoms with Gasteiger partial charge < -0.3 is 15.4 Å². The lowest BCUT2D eigenvalue weighted by atomic mass is 10.0. The van der Waals surface area contributed by atoms with Crippen molar-refractivity contribution in [2.45, 2.75) is 36.6 Å². The molecule has 2 aromatic carbocycles. The van der Waals surface area contributed by atoms with Crippen LogP contribution >= 0.6 is 11.8 Å². The predicted octanol–water partition coefficient (Wildman–Crippen LogP) is 4.09. The van der Waals surface area contributed by atoms with Gasteiger partial charge in [0.25, 0.3) is 5.91 Å². The van der Waals surface area contributed by atoms with E-state index in [4.69, 9.17) is 4.74 Å². The van der Waals surface area contributed by atoms with E-state index in [0.717, 1.165) is 35.2 Å². The second-order valence-corrected chi connectivity index (χ2v) is 9.09. The quantitative estimate of drug-likeness (QED) is 0.710. The van der Waals surface area contributed by atoms with Crippen LogP contribution in [0.4, 0.5) is 5.69 Å². The molecule has 2 amide bonds. The molecule has 1 atom stereocenters. The Morgan fingerprint density at radius 1 is 1.16 bits per heavy atom. The van der Waals surface area contributed by atoms with Gasteiger partial charge >= 0.3 is 0 Å². The third kappa shape index (κ3) is 5.40. The number of carbonyl (C=O) groups excluding carboxylic acids is 2. The van der Waals surface area contributed by atoms with Gasteiger partial charge in [0, 0.05) is 29.2 Å². The molecule has 0 aliphatic carbocycles. The molecule has 164 valence electrons. The average Bonchev–Trinajstić information content (AvgIpc) is 3.00. The Morgan fingerprint density at radius 3 is 2.68 bits per heavy atom. The highest BCUT2D eigenvalue weighted by Gasteiger charge is 2.23. The molecule has 0 spiro atoms. The van der Waals surface area contributed by atoms with E-state index in [1.165, 1.54) is 24.8 Å². The number of ether oxygens (including phenoxy) is 1. The largest absolute Gasteiger partial charge is 0.497 e. The van der Waals surface area contributed by atoms with Crippen LogP contribution in [-0.2, 0) is 4.79 Å². The first-order valence-electron chi connectivity index (χ1n) is 10.9. The molecule has 2 aliphatic rings. The molecule has 1 fully saturated rings. The summed E-state index contributed by atoms with van der Waals surface area (Å²) in [5.74, 6) is 1.45. The topological polar surface area (TPSA) is 70.7 Å². The van der Waals surface area contributed by atoms with Gasteiger partial charge in [0.1, 0.15) is 5.75 Å². The fourth-order valence-electron chi connectivity index (χ4n) is 4.17. The minimum absolute atomic E-state index is 0.00604. The summed E-state index contributed by atoms with van der Waals surface area (Å²) >= 11 is 1.64. The van der Waals surface area contributed by atoms with Gasteiger partial charge in [-0.15, -0.1) is 11.8 Å². The van der Waals surface area contributed by atoms with E-state index in [-0.39, 0.29) is 17.9 Å². The van der Waals surface area contributed by atoms with E-state index < -0.39 is 0 Å². The molecule has 6 nitrogen and oxygen atoms in total. The first kappa shape index (κ1) is 21.7. The maximum Gasteiger partial charge on any atom is 0.251 e. The molecule has 2 N–H and O–H groups in total. The van der Waals surface area contributed by atoms with Crippen LogP contribution in [0.1, 0.15) is 47.6 Å². The molecular formula is C24H29N3O3S. The van der Waals surface area contributed by atoms with Crippen LogP contribution in [0.3, 0.4) is 0 Å². The maximum atomic E-state index is 12.9. The SMILES string of the molecule is COc1ccc([C@H](CNC(=O)c2ccc3c(c2)NC(=O)CCS3)N2CCCCC2)cc1. The van der Waals surface area contributed by atoms with Gasteiger partial charge in [-0.3, -0.25) is 14.5 Å². The van der Waals surface area contributed by atoms with Crippen LogP contribution in [0, 0.1) is 0 Å². The maximum absolute atomic E-state index is 12.9. The smallest absolute Gasteiger partial charge is 0.251 e. The van der Waals surface area contributed by atoms with Crippen LogP contribution in [0.5, 0.6) is 5.75 Å². The van der Waals surface area contributed by atoms with E-state index >= 15 is 0 Å². The predicted molar refractivity (Wildman–Crippen MR) is 124 cm³/mol. The molecule has 31 heavy (non-hydrogen) atoms. The number of rotatable bonds is 6. The number of carbonyl (C=O) groups is 2. The summed E-state index contributed by atoms with van der Waals surface area (Å²) in [5, 5.41) is 6.04. The number of amides is 2. The lowest BCUT2D eigenvalue weighted by Gasteiger charge is -2.35. The molecule has 2 heterocycles. The zero-order valence-electron chi connectivity index (χ0n) is 17.9. The highest BCUT2D eigenvalue weighted by Crippen LogP contribution is 2.31. The van der Waals surface area contributed by atoms with Crippen LogP contribution in [0.2, 0.25) is 0 Å². The van der Waals surface area contributed by atoms with Crippen LogP contribution in [-0.4, -0.2) is 49.2 Å². The summed E-state index contributed by atoms with van der Waals surface area (Å²) in [6.07, 6.45) is 4.11. The molecule has 7 heteroatoms. The van der Waals surface area contributed by atoms with E-state index in [2.05, 4.69) is 27.7 Å². The number of benzene rings is 2. The standard InChI is InChI=1S/C24H29N3O3S/c1-30-19-8-5-17(6-9-19)21(27-12-3-2-4-13-27)16-25-24(29)18-7-10-22-20(15-18)26-23(28)11-14-31-22/h5-10,15,21H,2-4,11-14,16H2,1H3,(H,25,29)(H,26,28)/t21-/m0/s1. The normalized spacial score (nSPS) is 17.8. The number of thioether (sulfide) groups is 1.